The van der Waals surface area contributed by atoms with E-state index in [1.165, 1.54) is 0 Å². The van der Waals surface area contributed by atoms with E-state index >= 15 is 0 Å². The maximum absolute atomic E-state index is 11.2. The maximum Gasteiger partial charge on any atom is 0.133 e. The number of aromatic nitrogens is 2. The van der Waals surface area contributed by atoms with E-state index in [0.717, 1.165) is 30.2 Å². The van der Waals surface area contributed by atoms with Gasteiger partial charge in [0.1, 0.15) is 17.4 Å². The molecule has 0 aromatic carbocycles. The molecule has 1 aliphatic rings. The Morgan fingerprint density at radius 2 is 1.88 bits per heavy atom. The van der Waals surface area contributed by atoms with Crippen LogP contribution in [0.3, 0.4) is 0 Å². The Kier molecular flexibility index (Phi) is 3.41. The number of nitrogens with zero attached hydrogens (tertiary/aromatic N) is 3. The summed E-state index contributed by atoms with van der Waals surface area (Å²) in [6.45, 7) is 3.89. The average molecular weight is 233 g/mol. The minimum Gasteiger partial charge on any atom is -0.357 e. The SMILES string of the molecule is Cc1cc(N(C)C2CCC(=O)CC2)nc(C)n1. The molecule has 0 radical (unpaired) electrons. The van der Waals surface area contributed by atoms with Crippen LogP contribution in [0.1, 0.15) is 37.2 Å². The van der Waals surface area contributed by atoms with Crippen molar-refractivity contribution in [2.45, 2.75) is 45.6 Å². The molecule has 1 saturated carbocycles. The second-order valence-corrected chi connectivity index (χ2v) is 4.80. The molecule has 1 aliphatic carbocycles. The van der Waals surface area contributed by atoms with Crippen molar-refractivity contribution < 1.29 is 4.79 Å². The number of rotatable bonds is 2. The van der Waals surface area contributed by atoms with Gasteiger partial charge in [0.25, 0.3) is 0 Å². The fourth-order valence-electron chi connectivity index (χ4n) is 2.38. The Labute approximate surface area is 102 Å². The molecular weight excluding hydrogens is 214 g/mol. The van der Waals surface area contributed by atoms with Crippen LogP contribution in [0.25, 0.3) is 0 Å². The van der Waals surface area contributed by atoms with Crippen LogP contribution in [-0.2, 0) is 4.79 Å². The number of hydrogen-bond acceptors (Lipinski definition) is 4. The predicted molar refractivity (Wildman–Crippen MR) is 67.2 cm³/mol. The first-order chi connectivity index (χ1) is 8.06. The molecule has 0 atom stereocenters. The highest BCUT2D eigenvalue weighted by Gasteiger charge is 2.23. The summed E-state index contributed by atoms with van der Waals surface area (Å²) in [7, 11) is 2.06. The highest BCUT2D eigenvalue weighted by atomic mass is 16.1. The standard InChI is InChI=1S/C13H19N3O/c1-9-8-13(15-10(2)14-9)16(3)11-4-6-12(17)7-5-11/h8,11H,4-7H2,1-3H3. The van der Waals surface area contributed by atoms with Gasteiger partial charge in [-0.05, 0) is 26.7 Å². The summed E-state index contributed by atoms with van der Waals surface area (Å²) in [5.41, 5.74) is 0.992. The first-order valence-electron chi connectivity index (χ1n) is 6.13. The number of Topliss-reactive ketones (excluding diaryl/α,β-unsaturated/α-hetero) is 1. The van der Waals surface area contributed by atoms with Crippen molar-refractivity contribution in [2.75, 3.05) is 11.9 Å². The van der Waals surface area contributed by atoms with Gasteiger partial charge in [-0.1, -0.05) is 0 Å². The van der Waals surface area contributed by atoms with Crippen molar-refractivity contribution in [2.24, 2.45) is 0 Å². The molecule has 0 amide bonds. The zero-order valence-electron chi connectivity index (χ0n) is 10.7. The van der Waals surface area contributed by atoms with E-state index in [4.69, 9.17) is 0 Å². The van der Waals surface area contributed by atoms with Crippen molar-refractivity contribution in [3.8, 4) is 0 Å². The quantitative estimate of drug-likeness (QED) is 0.784. The zero-order valence-corrected chi connectivity index (χ0v) is 10.7. The zero-order chi connectivity index (χ0) is 12.4. The van der Waals surface area contributed by atoms with Crippen molar-refractivity contribution in [1.29, 1.82) is 0 Å². The van der Waals surface area contributed by atoms with E-state index < -0.39 is 0 Å². The molecule has 2 rings (SSSR count). The Morgan fingerprint density at radius 1 is 1.24 bits per heavy atom. The van der Waals surface area contributed by atoms with Crippen LogP contribution >= 0.6 is 0 Å². The molecule has 4 heteroatoms. The molecule has 0 N–H and O–H groups in total. The summed E-state index contributed by atoms with van der Waals surface area (Å²) in [5.74, 6) is 2.16. The van der Waals surface area contributed by atoms with Gasteiger partial charge in [0, 0.05) is 37.7 Å². The second-order valence-electron chi connectivity index (χ2n) is 4.80. The number of ketones is 1. The van der Waals surface area contributed by atoms with Gasteiger partial charge in [-0.3, -0.25) is 4.79 Å². The second kappa shape index (κ2) is 4.82. The fourth-order valence-corrected chi connectivity index (χ4v) is 2.38. The first kappa shape index (κ1) is 12.0. The van der Waals surface area contributed by atoms with E-state index in [1.807, 2.05) is 19.9 Å². The van der Waals surface area contributed by atoms with E-state index in [0.29, 0.717) is 24.7 Å². The summed E-state index contributed by atoms with van der Waals surface area (Å²) in [6.07, 6.45) is 3.30. The normalized spacial score (nSPS) is 17.2. The minimum absolute atomic E-state index is 0.393. The Hall–Kier alpha value is -1.45. The van der Waals surface area contributed by atoms with Gasteiger partial charge >= 0.3 is 0 Å². The monoisotopic (exact) mass is 233 g/mol. The number of carbonyl (C=O) groups is 1. The highest BCUT2D eigenvalue weighted by molar-refractivity contribution is 5.79. The van der Waals surface area contributed by atoms with Crippen molar-refractivity contribution in [3.63, 3.8) is 0 Å². The van der Waals surface area contributed by atoms with Crippen molar-refractivity contribution >= 4 is 11.6 Å². The highest BCUT2D eigenvalue weighted by Crippen LogP contribution is 2.23. The van der Waals surface area contributed by atoms with Gasteiger partial charge < -0.3 is 4.90 Å². The molecule has 1 aromatic heterocycles. The summed E-state index contributed by atoms with van der Waals surface area (Å²) in [4.78, 5) is 22.2. The topological polar surface area (TPSA) is 46.1 Å². The lowest BCUT2D eigenvalue weighted by Gasteiger charge is -2.31. The van der Waals surface area contributed by atoms with Crippen LogP contribution in [-0.4, -0.2) is 28.8 Å². The van der Waals surface area contributed by atoms with Gasteiger partial charge in [-0.15, -0.1) is 0 Å². The molecule has 0 unspecified atom stereocenters. The number of carbonyl (C=O) groups excluding carboxylic acids is 1. The average Bonchev–Trinajstić information content (AvgIpc) is 2.28. The molecular formula is C13H19N3O. The first-order valence-corrected chi connectivity index (χ1v) is 6.13. The molecule has 1 fully saturated rings. The molecule has 92 valence electrons. The van der Waals surface area contributed by atoms with Crippen LogP contribution in [0, 0.1) is 13.8 Å². The van der Waals surface area contributed by atoms with E-state index in [9.17, 15) is 4.79 Å². The van der Waals surface area contributed by atoms with Crippen LogP contribution in [0.5, 0.6) is 0 Å². The van der Waals surface area contributed by atoms with Gasteiger partial charge in [-0.25, -0.2) is 9.97 Å². The van der Waals surface area contributed by atoms with Crippen LogP contribution in [0.2, 0.25) is 0 Å². The maximum atomic E-state index is 11.2. The fraction of sp³-hybridized carbons (Fsp3) is 0.615. The number of anilines is 1. The molecule has 0 saturated heterocycles. The van der Waals surface area contributed by atoms with Gasteiger partial charge in [-0.2, -0.15) is 0 Å². The number of hydrogen-bond donors (Lipinski definition) is 0. The third-order valence-electron chi connectivity index (χ3n) is 3.37. The number of aryl methyl sites for hydroxylation is 2. The van der Waals surface area contributed by atoms with Crippen LogP contribution < -0.4 is 4.90 Å². The van der Waals surface area contributed by atoms with Gasteiger partial charge in [0.15, 0.2) is 0 Å². The smallest absolute Gasteiger partial charge is 0.133 e. The lowest BCUT2D eigenvalue weighted by Crippen LogP contribution is -2.36. The van der Waals surface area contributed by atoms with Gasteiger partial charge in [0.05, 0.1) is 0 Å². The lowest BCUT2D eigenvalue weighted by molar-refractivity contribution is -0.120. The van der Waals surface area contributed by atoms with Crippen LogP contribution in [0.4, 0.5) is 5.82 Å². The van der Waals surface area contributed by atoms with Crippen molar-refractivity contribution in [3.05, 3.63) is 17.6 Å². The van der Waals surface area contributed by atoms with Crippen LogP contribution in [0.15, 0.2) is 6.07 Å². The van der Waals surface area contributed by atoms with Gasteiger partial charge in [0.2, 0.25) is 0 Å². The Balaban J connectivity index is 2.13. The largest absolute Gasteiger partial charge is 0.357 e. The third-order valence-corrected chi connectivity index (χ3v) is 3.37. The Bertz CT molecular complexity index is 400. The summed E-state index contributed by atoms with van der Waals surface area (Å²) in [5, 5.41) is 0. The molecule has 0 aliphatic heterocycles. The predicted octanol–water partition coefficient (Wildman–Crippen LogP) is 2.04. The van der Waals surface area contributed by atoms with E-state index in [-0.39, 0.29) is 0 Å². The molecule has 4 nitrogen and oxygen atoms in total. The minimum atomic E-state index is 0.393. The lowest BCUT2D eigenvalue weighted by atomic mass is 9.93. The summed E-state index contributed by atoms with van der Waals surface area (Å²) < 4.78 is 0. The molecule has 1 heterocycles. The molecule has 1 aromatic rings. The summed E-state index contributed by atoms with van der Waals surface area (Å²) in [6, 6.07) is 2.44. The molecule has 0 spiro atoms. The summed E-state index contributed by atoms with van der Waals surface area (Å²) >= 11 is 0. The van der Waals surface area contributed by atoms with E-state index in [2.05, 4.69) is 21.9 Å². The Morgan fingerprint density at radius 3 is 2.47 bits per heavy atom. The van der Waals surface area contributed by atoms with Crippen molar-refractivity contribution in [1.82, 2.24) is 9.97 Å². The third kappa shape index (κ3) is 2.81. The van der Waals surface area contributed by atoms with E-state index in [1.54, 1.807) is 0 Å². The molecule has 17 heavy (non-hydrogen) atoms. The molecule has 0 bridgehead atoms.